The van der Waals surface area contributed by atoms with Crippen molar-refractivity contribution in [2.75, 3.05) is 109 Å². The number of ether oxygens (including phenoxy) is 3. The van der Waals surface area contributed by atoms with Crippen LogP contribution in [0.2, 0.25) is 0 Å². The Labute approximate surface area is 461 Å². The van der Waals surface area contributed by atoms with E-state index in [1.165, 1.54) is 18.4 Å². The molecule has 12 rings (SSSR count). The summed E-state index contributed by atoms with van der Waals surface area (Å²) >= 11 is 0. The lowest BCUT2D eigenvalue weighted by Gasteiger charge is -2.39. The van der Waals surface area contributed by atoms with Crippen LogP contribution in [0.25, 0.3) is 22.2 Å². The van der Waals surface area contributed by atoms with Gasteiger partial charge in [-0.05, 0) is 127 Å². The molecule has 1 aromatic carbocycles. The zero-order valence-electron chi connectivity index (χ0n) is 47.4. The van der Waals surface area contributed by atoms with Crippen LogP contribution in [-0.2, 0) is 46.4 Å². The Kier molecular flexibility index (Phi) is 15.1. The number of methoxy groups -OCH3 is 1. The smallest absolute Gasteiger partial charge is 0.324 e. The summed E-state index contributed by atoms with van der Waals surface area (Å²) in [5, 5.41) is 9.58. The molecule has 9 heterocycles. The van der Waals surface area contributed by atoms with Gasteiger partial charge in [0.05, 0.1) is 54.7 Å². The van der Waals surface area contributed by atoms with Gasteiger partial charge in [0.25, 0.3) is 5.91 Å². The fourth-order valence-electron chi connectivity index (χ4n) is 14.8. The average molecular weight is 1070 g/mol. The lowest BCUT2D eigenvalue weighted by atomic mass is 9.84. The minimum absolute atomic E-state index is 0.0258. The maximum atomic E-state index is 15.3. The molecule has 2 saturated carbocycles. The van der Waals surface area contributed by atoms with E-state index in [0.29, 0.717) is 57.5 Å². The number of hydrogen-bond donors (Lipinski definition) is 3. The Balaban J connectivity index is 0.857. The number of morpholine rings is 1. The second-order valence-corrected chi connectivity index (χ2v) is 25.8. The summed E-state index contributed by atoms with van der Waals surface area (Å²) in [6, 6.07) is 7.45. The van der Waals surface area contributed by atoms with Gasteiger partial charge < -0.3 is 43.7 Å². The van der Waals surface area contributed by atoms with Crippen LogP contribution in [0, 0.1) is 22.7 Å². The highest BCUT2D eigenvalue weighted by Gasteiger charge is 2.55. The molecule has 424 valence electrons. The van der Waals surface area contributed by atoms with Crippen LogP contribution >= 0.6 is 0 Å². The molecule has 18 heteroatoms. The highest BCUT2D eigenvalue weighted by atomic mass is 16.5. The van der Waals surface area contributed by atoms with E-state index in [1.54, 1.807) is 12.1 Å². The first-order valence-electron chi connectivity index (χ1n) is 30.0. The van der Waals surface area contributed by atoms with Crippen molar-refractivity contribution in [2.24, 2.45) is 22.7 Å². The Morgan fingerprint density at radius 2 is 1.72 bits per heavy atom. The largest absolute Gasteiger partial charge is 0.464 e. The first-order valence-corrected chi connectivity index (χ1v) is 30.0. The fraction of sp³-hybridized carbons (Fsp3) is 0.717. The summed E-state index contributed by atoms with van der Waals surface area (Å²) < 4.78 is 21.4. The molecule has 1 spiro atoms. The zero-order valence-corrected chi connectivity index (χ0v) is 47.4. The number of aryl methyl sites for hydroxylation is 1. The van der Waals surface area contributed by atoms with Crippen molar-refractivity contribution in [3.63, 3.8) is 0 Å². The minimum atomic E-state index is -0.901. The van der Waals surface area contributed by atoms with Gasteiger partial charge in [0.1, 0.15) is 18.1 Å². The van der Waals surface area contributed by atoms with E-state index in [4.69, 9.17) is 19.2 Å². The molecule has 6 saturated heterocycles. The Morgan fingerprint density at radius 1 is 0.923 bits per heavy atom. The molecule has 8 fully saturated rings. The molecular weight excluding hydrogens is 987 g/mol. The van der Waals surface area contributed by atoms with Crippen LogP contribution in [0.4, 0.5) is 11.4 Å². The molecule has 2 aliphatic carbocycles. The van der Waals surface area contributed by atoms with Gasteiger partial charge in [-0.2, -0.15) is 0 Å². The van der Waals surface area contributed by atoms with Crippen LogP contribution in [0.5, 0.6) is 0 Å². The number of amides is 3. The molecule has 0 unspecified atom stereocenters. The summed E-state index contributed by atoms with van der Waals surface area (Å²) in [4.78, 5) is 75.2. The van der Waals surface area contributed by atoms with Gasteiger partial charge in [-0.15, -0.1) is 0 Å². The average Bonchev–Trinajstić information content (AvgIpc) is 4.42. The van der Waals surface area contributed by atoms with Gasteiger partial charge in [0.2, 0.25) is 11.8 Å². The predicted molar refractivity (Wildman–Crippen MR) is 300 cm³/mol. The van der Waals surface area contributed by atoms with E-state index in [2.05, 4.69) is 104 Å². The molecule has 3 amide bonds. The number of piperazine rings is 1. The maximum absolute atomic E-state index is 15.3. The second-order valence-electron chi connectivity index (χ2n) is 25.8. The van der Waals surface area contributed by atoms with Crippen LogP contribution in [0.1, 0.15) is 116 Å². The van der Waals surface area contributed by atoms with Crippen molar-refractivity contribution in [1.82, 2.24) is 45.3 Å². The van der Waals surface area contributed by atoms with E-state index in [0.717, 1.165) is 137 Å². The lowest BCUT2D eigenvalue weighted by Crippen LogP contribution is -2.62. The van der Waals surface area contributed by atoms with Crippen LogP contribution in [0.15, 0.2) is 30.5 Å². The van der Waals surface area contributed by atoms with Gasteiger partial charge >= 0.3 is 5.97 Å². The van der Waals surface area contributed by atoms with E-state index in [9.17, 15) is 9.59 Å². The van der Waals surface area contributed by atoms with Gasteiger partial charge in [0.15, 0.2) is 0 Å². The number of hydrazine groups is 1. The maximum Gasteiger partial charge on any atom is 0.324 e. The molecule has 2 aromatic heterocycles. The highest BCUT2D eigenvalue weighted by Crippen LogP contribution is 2.46. The molecule has 3 N–H and O–H groups in total. The third-order valence-corrected chi connectivity index (χ3v) is 19.6. The molecule has 8 atom stereocenters. The number of carbonyl (C=O) groups excluding carboxylic acids is 4. The molecule has 18 nitrogen and oxygen atoms in total. The molecular formula is C60H87N11O7. The summed E-state index contributed by atoms with van der Waals surface area (Å²) in [7, 11) is 3.92. The third kappa shape index (κ3) is 10.8. The first kappa shape index (κ1) is 53.8. The Bertz CT molecular complexity index is 2730. The number of likely N-dealkylation sites (N-methyl/N-ethyl adjacent to an activating group) is 1. The predicted octanol–water partition coefficient (Wildman–Crippen LogP) is 5.12. The number of carbonyl (C=O) groups is 4. The number of cyclic esters (lactones) is 1. The number of nitrogens with zero attached hydrogens (tertiary/aromatic N) is 8. The molecule has 6 bridgehead atoms. The molecule has 3 aromatic rings. The van der Waals surface area contributed by atoms with Crippen LogP contribution in [0.3, 0.4) is 0 Å². The number of hydrogen-bond acceptors (Lipinski definition) is 14. The number of aromatic nitrogens is 2. The zero-order chi connectivity index (χ0) is 54.0. The molecule has 7 aliphatic heterocycles. The van der Waals surface area contributed by atoms with Gasteiger partial charge in [-0.3, -0.25) is 39.4 Å². The van der Waals surface area contributed by atoms with Crippen molar-refractivity contribution >= 4 is 46.0 Å². The van der Waals surface area contributed by atoms with Crippen molar-refractivity contribution in [3.05, 3.63) is 41.7 Å². The van der Waals surface area contributed by atoms with Crippen molar-refractivity contribution in [2.45, 2.75) is 154 Å². The number of likely N-dealkylation sites (tertiary alicyclic amines) is 2. The van der Waals surface area contributed by atoms with Crippen molar-refractivity contribution in [3.8, 4) is 11.3 Å². The number of rotatable bonds is 11. The second kappa shape index (κ2) is 21.9. The number of fused-ring (bicyclic) bond motifs is 6. The quantitative estimate of drug-likeness (QED) is 0.170. The van der Waals surface area contributed by atoms with E-state index in [1.807, 2.05) is 6.20 Å². The molecule has 0 radical (unpaired) electrons. The van der Waals surface area contributed by atoms with Crippen LogP contribution in [-0.4, -0.2) is 189 Å². The van der Waals surface area contributed by atoms with E-state index in [-0.39, 0.29) is 72.3 Å². The monoisotopic (exact) mass is 1070 g/mol. The van der Waals surface area contributed by atoms with E-state index >= 15 is 9.59 Å². The molecule has 78 heavy (non-hydrogen) atoms. The first-order chi connectivity index (χ1) is 37.7. The number of nitrogens with one attached hydrogen (secondary N) is 3. The van der Waals surface area contributed by atoms with Gasteiger partial charge in [-0.25, -0.2) is 5.43 Å². The topological polar surface area (TPSA) is 179 Å². The molecule has 9 aliphatic rings. The van der Waals surface area contributed by atoms with E-state index < -0.39 is 17.5 Å². The summed E-state index contributed by atoms with van der Waals surface area (Å²) in [5.74, 6) is 0.335. The SMILES string of the molecule is CCn1c(-c2cc(N3CCN(C)CC3)cnc2[C@H](C)OC)c2c3cc(ccc31)N1CCO[C@@H](C[C@H](NC(=O)[C@H](C3CCCC3)N3CC[C@]4(CCN(C(=O)[C@@H]5N[C@@H]5C5CC5)C4)C3)C(=O)N3CCC[C@H](N3)C(=O)OCC(C)(C)C2)C1. The van der Waals surface area contributed by atoms with Crippen molar-refractivity contribution < 1.29 is 33.4 Å². The Morgan fingerprint density at radius 3 is 2.49 bits per heavy atom. The summed E-state index contributed by atoms with van der Waals surface area (Å²) in [6.45, 7) is 18.5. The number of esters is 1. The number of anilines is 2. The standard InChI is InChI=1S/C60H87N11O7/c1-7-70-49-17-16-41-29-44(49)46(54(70)45-30-42(33-61-50(45)38(2)76-6)66-25-23-65(5)24-26-66)32-59(3,4)37-78-58(75)47-13-10-20-71(64-47)56(73)48(31-43-34-67(41)27-28-77-43)62-55(72)53(40-11-8-9-12-40)68-21-18-60(35-68)19-22-69(36-60)57(74)52-51(63-52)39-14-15-39/h16-17,29-30,33,38-40,43,47-48,51-53,63-64H,7-15,18-28,31-32,34-37H2,1-6H3,(H,62,72)/t38-,43-,47-,48-,51+,52+,53-,60-/m0/s1. The number of benzene rings is 1. The summed E-state index contributed by atoms with van der Waals surface area (Å²) in [6.07, 6.45) is 11.9. The highest BCUT2D eigenvalue weighted by molar-refractivity contribution is 5.95. The third-order valence-electron chi connectivity index (χ3n) is 19.6. The summed E-state index contributed by atoms with van der Waals surface area (Å²) in [5.41, 5.74) is 10.3. The normalized spacial score (nSPS) is 30.3. The number of pyridine rings is 1. The van der Waals surface area contributed by atoms with Gasteiger partial charge in [0, 0.05) is 125 Å². The van der Waals surface area contributed by atoms with Gasteiger partial charge in [-0.1, -0.05) is 26.7 Å². The van der Waals surface area contributed by atoms with Crippen LogP contribution < -0.4 is 25.9 Å². The fourth-order valence-corrected chi connectivity index (χ4v) is 14.8. The lowest BCUT2D eigenvalue weighted by molar-refractivity contribution is -0.156. The Hall–Kier alpha value is -4.85. The van der Waals surface area contributed by atoms with Crippen molar-refractivity contribution in [1.29, 1.82) is 0 Å². The minimum Gasteiger partial charge on any atom is -0.464 e.